The fourth-order valence-corrected chi connectivity index (χ4v) is 3.10. The minimum absolute atomic E-state index is 0.0946. The number of nitrogens with zero attached hydrogens (tertiary/aromatic N) is 2. The van der Waals surface area contributed by atoms with Crippen molar-refractivity contribution in [2.45, 2.75) is 25.4 Å². The Balaban J connectivity index is 1.83. The van der Waals surface area contributed by atoms with Crippen LogP contribution in [0.1, 0.15) is 17.0 Å². The van der Waals surface area contributed by atoms with Gasteiger partial charge in [0.25, 0.3) is 0 Å². The molecule has 0 aliphatic heterocycles. The van der Waals surface area contributed by atoms with Gasteiger partial charge in [0, 0.05) is 17.9 Å². The first-order valence-corrected chi connectivity index (χ1v) is 8.91. The van der Waals surface area contributed by atoms with Gasteiger partial charge in [-0.25, -0.2) is 9.97 Å². The Bertz CT molecular complexity index is 717. The van der Waals surface area contributed by atoms with E-state index in [-0.39, 0.29) is 18.2 Å². The van der Waals surface area contributed by atoms with Crippen LogP contribution in [0.4, 0.5) is 0 Å². The zero-order valence-corrected chi connectivity index (χ0v) is 15.0. The van der Waals surface area contributed by atoms with Crippen LogP contribution in [0.5, 0.6) is 0 Å². The smallest absolute Gasteiger partial charge is 0.308 e. The fraction of sp³-hybridized carbons (Fsp3) is 0.333. The molecule has 132 valence electrons. The summed E-state index contributed by atoms with van der Waals surface area (Å²) in [5.41, 5.74) is 2.63. The van der Waals surface area contributed by atoms with Crippen molar-refractivity contribution in [3.8, 4) is 0 Å². The predicted molar refractivity (Wildman–Crippen MR) is 96.5 cm³/mol. The highest BCUT2D eigenvalue weighted by Gasteiger charge is 2.19. The normalized spacial score (nSPS) is 11.8. The number of hydrogen-bond acceptors (Lipinski definition) is 5. The van der Waals surface area contributed by atoms with Crippen LogP contribution in [0.25, 0.3) is 0 Å². The van der Waals surface area contributed by atoms with Crippen molar-refractivity contribution in [3.63, 3.8) is 0 Å². The Labute approximate surface area is 151 Å². The van der Waals surface area contributed by atoms with Gasteiger partial charge >= 0.3 is 5.97 Å². The predicted octanol–water partition coefficient (Wildman–Crippen LogP) is 2.25. The van der Waals surface area contributed by atoms with Gasteiger partial charge in [0.15, 0.2) is 5.16 Å². The molecule has 0 bridgehead atoms. The Morgan fingerprint density at radius 3 is 2.40 bits per heavy atom. The van der Waals surface area contributed by atoms with Crippen molar-refractivity contribution in [1.29, 1.82) is 0 Å². The lowest BCUT2D eigenvalue weighted by Crippen LogP contribution is -2.35. The van der Waals surface area contributed by atoms with Crippen LogP contribution in [-0.2, 0) is 16.0 Å². The number of aromatic nitrogens is 2. The summed E-state index contributed by atoms with van der Waals surface area (Å²) in [6.07, 6.45) is 0.379. The number of benzene rings is 1. The number of amides is 1. The van der Waals surface area contributed by atoms with E-state index in [4.69, 9.17) is 0 Å². The van der Waals surface area contributed by atoms with E-state index in [1.807, 2.05) is 50.2 Å². The average molecular weight is 359 g/mol. The van der Waals surface area contributed by atoms with Crippen molar-refractivity contribution in [3.05, 3.63) is 53.3 Å². The maximum absolute atomic E-state index is 12.0. The Kier molecular flexibility index (Phi) is 6.94. The van der Waals surface area contributed by atoms with Crippen LogP contribution in [0.15, 0.2) is 41.6 Å². The van der Waals surface area contributed by atoms with Gasteiger partial charge in [0.2, 0.25) is 5.91 Å². The molecule has 1 heterocycles. The van der Waals surface area contributed by atoms with E-state index in [1.165, 1.54) is 11.8 Å². The number of carboxylic acids is 1. The van der Waals surface area contributed by atoms with Gasteiger partial charge in [-0.2, -0.15) is 0 Å². The molecule has 6 nitrogen and oxygen atoms in total. The lowest BCUT2D eigenvalue weighted by Gasteiger charge is -2.13. The number of carbonyl (C=O) groups excluding carboxylic acids is 1. The molecule has 2 aromatic rings. The van der Waals surface area contributed by atoms with Crippen molar-refractivity contribution >= 4 is 23.6 Å². The number of carbonyl (C=O) groups is 2. The van der Waals surface area contributed by atoms with E-state index < -0.39 is 11.9 Å². The first-order valence-electron chi connectivity index (χ1n) is 7.92. The molecular formula is C18H21N3O3S. The summed E-state index contributed by atoms with van der Waals surface area (Å²) in [4.78, 5) is 31.9. The molecule has 0 radical (unpaired) electrons. The molecule has 1 atom stereocenters. The fourth-order valence-electron chi connectivity index (χ4n) is 2.32. The Morgan fingerprint density at radius 1 is 1.16 bits per heavy atom. The van der Waals surface area contributed by atoms with Crippen LogP contribution >= 0.6 is 11.8 Å². The number of thioether (sulfide) groups is 1. The largest absolute Gasteiger partial charge is 0.481 e. The van der Waals surface area contributed by atoms with Crippen molar-refractivity contribution in [2.24, 2.45) is 5.92 Å². The molecule has 1 unspecified atom stereocenters. The molecule has 0 saturated heterocycles. The van der Waals surface area contributed by atoms with Gasteiger partial charge in [-0.3, -0.25) is 9.59 Å². The van der Waals surface area contributed by atoms with Crippen LogP contribution in [0, 0.1) is 19.8 Å². The number of hydrogen-bond donors (Lipinski definition) is 2. The maximum Gasteiger partial charge on any atom is 0.308 e. The van der Waals surface area contributed by atoms with Crippen LogP contribution in [-0.4, -0.2) is 39.2 Å². The summed E-state index contributed by atoms with van der Waals surface area (Å²) >= 11 is 1.24. The number of carboxylic acid groups (broad SMARTS) is 1. The summed E-state index contributed by atoms with van der Waals surface area (Å²) in [6, 6.07) is 11.2. The standard InChI is InChI=1S/C18H21N3O3S/c1-12-8-13(2)21-18(20-12)25-11-16(22)19-10-15(17(23)24)9-14-6-4-3-5-7-14/h3-8,15H,9-11H2,1-2H3,(H,19,22)(H,23,24). The van der Waals surface area contributed by atoms with E-state index in [9.17, 15) is 14.7 Å². The second-order valence-corrected chi connectivity index (χ2v) is 6.69. The van der Waals surface area contributed by atoms with Crippen LogP contribution < -0.4 is 5.32 Å². The van der Waals surface area contributed by atoms with Gasteiger partial charge in [-0.15, -0.1) is 0 Å². The summed E-state index contributed by atoms with van der Waals surface area (Å²) in [7, 11) is 0. The van der Waals surface area contributed by atoms with E-state index in [0.717, 1.165) is 17.0 Å². The third-order valence-electron chi connectivity index (χ3n) is 3.51. The molecule has 1 amide bonds. The van der Waals surface area contributed by atoms with Crippen molar-refractivity contribution in [1.82, 2.24) is 15.3 Å². The minimum Gasteiger partial charge on any atom is -0.481 e. The average Bonchev–Trinajstić information content (AvgIpc) is 2.56. The molecule has 2 rings (SSSR count). The monoisotopic (exact) mass is 359 g/mol. The van der Waals surface area contributed by atoms with E-state index in [0.29, 0.717) is 11.6 Å². The van der Waals surface area contributed by atoms with Crippen molar-refractivity contribution < 1.29 is 14.7 Å². The highest BCUT2D eigenvalue weighted by Crippen LogP contribution is 2.14. The number of rotatable bonds is 8. The van der Waals surface area contributed by atoms with E-state index >= 15 is 0 Å². The van der Waals surface area contributed by atoms with Crippen LogP contribution in [0.2, 0.25) is 0 Å². The third-order valence-corrected chi connectivity index (χ3v) is 4.36. The number of nitrogens with one attached hydrogen (secondary N) is 1. The third kappa shape index (κ3) is 6.54. The summed E-state index contributed by atoms with van der Waals surface area (Å²) in [6.45, 7) is 3.84. The molecular weight excluding hydrogens is 338 g/mol. The zero-order valence-electron chi connectivity index (χ0n) is 14.2. The molecule has 1 aromatic heterocycles. The molecule has 7 heteroatoms. The molecule has 1 aromatic carbocycles. The molecule has 0 fully saturated rings. The molecule has 25 heavy (non-hydrogen) atoms. The topological polar surface area (TPSA) is 92.2 Å². The zero-order chi connectivity index (χ0) is 18.2. The molecule has 0 spiro atoms. The van der Waals surface area contributed by atoms with E-state index in [1.54, 1.807) is 0 Å². The molecule has 2 N–H and O–H groups in total. The summed E-state index contributed by atoms with van der Waals surface area (Å²) in [5.74, 6) is -1.66. The highest BCUT2D eigenvalue weighted by atomic mass is 32.2. The maximum atomic E-state index is 12.0. The number of aliphatic carboxylic acids is 1. The minimum atomic E-state index is -0.922. The number of aryl methyl sites for hydroxylation is 2. The summed E-state index contributed by atoms with van der Waals surface area (Å²) in [5, 5.41) is 12.6. The van der Waals surface area contributed by atoms with Gasteiger partial charge in [-0.1, -0.05) is 42.1 Å². The molecule has 0 aliphatic carbocycles. The first kappa shape index (κ1) is 18.9. The van der Waals surface area contributed by atoms with E-state index in [2.05, 4.69) is 15.3 Å². The Morgan fingerprint density at radius 2 is 1.80 bits per heavy atom. The van der Waals surface area contributed by atoms with Crippen LogP contribution in [0.3, 0.4) is 0 Å². The van der Waals surface area contributed by atoms with Crippen molar-refractivity contribution in [2.75, 3.05) is 12.3 Å². The van der Waals surface area contributed by atoms with Gasteiger partial charge in [0.1, 0.15) is 0 Å². The molecule has 0 aliphatic rings. The molecule has 0 saturated carbocycles. The SMILES string of the molecule is Cc1cc(C)nc(SCC(=O)NCC(Cc2ccccc2)C(=O)O)n1. The van der Waals surface area contributed by atoms with Gasteiger partial charge in [-0.05, 0) is 31.9 Å². The van der Waals surface area contributed by atoms with Gasteiger partial charge < -0.3 is 10.4 Å². The first-order chi connectivity index (χ1) is 11.9. The Hall–Kier alpha value is -2.41. The lowest BCUT2D eigenvalue weighted by molar-refractivity contribution is -0.141. The lowest BCUT2D eigenvalue weighted by atomic mass is 9.99. The highest BCUT2D eigenvalue weighted by molar-refractivity contribution is 7.99. The second-order valence-electron chi connectivity index (χ2n) is 5.75. The van der Waals surface area contributed by atoms with Gasteiger partial charge in [0.05, 0.1) is 11.7 Å². The summed E-state index contributed by atoms with van der Waals surface area (Å²) < 4.78 is 0. The second kappa shape index (κ2) is 9.17. The quantitative estimate of drug-likeness (QED) is 0.555.